The molecule has 3 aromatic heterocycles. The highest BCUT2D eigenvalue weighted by molar-refractivity contribution is 5.92. The summed E-state index contributed by atoms with van der Waals surface area (Å²) in [7, 11) is 0. The molecule has 164 valence electrons. The summed E-state index contributed by atoms with van der Waals surface area (Å²) in [4.78, 5) is 27.1. The fraction of sp³-hybridized carbons (Fsp3) is 0.278. The number of fused-ring (bicyclic) bond motifs is 1. The van der Waals surface area contributed by atoms with Gasteiger partial charge in [0, 0.05) is 30.9 Å². The standard InChI is InChI=1S/C16H15N5O3.C2HF3O2/c22-16(13-3-6-18-19-13)21-7-4-15-12(9-21)14(20-24-15)10-23-11-2-1-5-17-8-11;3-2(4,5)1(6)7/h1-3,5-6,8H,4,7,9-10H2,(H,18,19);(H,6,7). The van der Waals surface area contributed by atoms with Crippen molar-refractivity contribution in [1.82, 2.24) is 25.2 Å². The van der Waals surface area contributed by atoms with Crippen LogP contribution in [0, 0.1) is 0 Å². The molecule has 0 spiro atoms. The first kappa shape index (κ1) is 21.8. The van der Waals surface area contributed by atoms with E-state index >= 15 is 0 Å². The van der Waals surface area contributed by atoms with Crippen molar-refractivity contribution < 1.29 is 37.1 Å². The van der Waals surface area contributed by atoms with Crippen LogP contribution in [0.5, 0.6) is 5.75 Å². The maximum Gasteiger partial charge on any atom is 0.490 e. The van der Waals surface area contributed by atoms with E-state index in [9.17, 15) is 18.0 Å². The Kier molecular flexibility index (Phi) is 6.52. The number of aromatic amines is 1. The van der Waals surface area contributed by atoms with Gasteiger partial charge >= 0.3 is 12.1 Å². The van der Waals surface area contributed by atoms with Crippen molar-refractivity contribution in [3.63, 3.8) is 0 Å². The van der Waals surface area contributed by atoms with E-state index in [2.05, 4.69) is 20.3 Å². The number of amides is 1. The molecule has 0 aliphatic carbocycles. The summed E-state index contributed by atoms with van der Waals surface area (Å²) in [5.41, 5.74) is 2.09. The molecular weight excluding hydrogens is 423 g/mol. The lowest BCUT2D eigenvalue weighted by atomic mass is 10.1. The molecule has 3 aromatic rings. The number of carbonyl (C=O) groups is 2. The number of aliphatic carboxylic acids is 1. The van der Waals surface area contributed by atoms with Crippen molar-refractivity contribution in [3.8, 4) is 5.75 Å². The SMILES string of the molecule is O=C(O)C(F)(F)F.O=C(c1ccn[nH]1)N1CCc2onc(COc3cccnc3)c2C1. The van der Waals surface area contributed by atoms with Crippen LogP contribution in [0.3, 0.4) is 0 Å². The van der Waals surface area contributed by atoms with Crippen molar-refractivity contribution in [3.05, 3.63) is 59.5 Å². The van der Waals surface area contributed by atoms with Crippen LogP contribution in [0.1, 0.15) is 27.5 Å². The Morgan fingerprint density at radius 3 is 2.68 bits per heavy atom. The van der Waals surface area contributed by atoms with Gasteiger partial charge in [-0.2, -0.15) is 18.3 Å². The van der Waals surface area contributed by atoms with E-state index in [0.29, 0.717) is 36.6 Å². The lowest BCUT2D eigenvalue weighted by Gasteiger charge is -2.25. The molecule has 4 rings (SSSR count). The molecule has 1 amide bonds. The van der Waals surface area contributed by atoms with Gasteiger partial charge in [-0.05, 0) is 18.2 Å². The number of ether oxygens (including phenoxy) is 1. The zero-order chi connectivity index (χ0) is 22.4. The number of carbonyl (C=O) groups excluding carboxylic acids is 1. The maximum atomic E-state index is 12.4. The number of hydrogen-bond donors (Lipinski definition) is 2. The predicted molar refractivity (Wildman–Crippen MR) is 95.8 cm³/mol. The number of H-pyrrole nitrogens is 1. The van der Waals surface area contributed by atoms with Crippen LogP contribution in [0.2, 0.25) is 0 Å². The average Bonchev–Trinajstić information content (AvgIpc) is 3.42. The number of carboxylic acids is 1. The number of aromatic nitrogens is 4. The van der Waals surface area contributed by atoms with Gasteiger partial charge in [0.25, 0.3) is 5.91 Å². The minimum Gasteiger partial charge on any atom is -0.486 e. The minimum atomic E-state index is -5.08. The van der Waals surface area contributed by atoms with E-state index in [0.717, 1.165) is 11.3 Å². The highest BCUT2D eigenvalue weighted by Crippen LogP contribution is 2.24. The highest BCUT2D eigenvalue weighted by Gasteiger charge is 2.38. The van der Waals surface area contributed by atoms with Gasteiger partial charge in [0.15, 0.2) is 0 Å². The fourth-order valence-electron chi connectivity index (χ4n) is 2.68. The van der Waals surface area contributed by atoms with Gasteiger partial charge in [0.05, 0.1) is 12.7 Å². The summed E-state index contributed by atoms with van der Waals surface area (Å²) in [5.74, 6) is -1.37. The van der Waals surface area contributed by atoms with Crippen LogP contribution < -0.4 is 4.74 Å². The second kappa shape index (κ2) is 9.28. The molecule has 2 N–H and O–H groups in total. The van der Waals surface area contributed by atoms with E-state index in [1.165, 1.54) is 0 Å². The highest BCUT2D eigenvalue weighted by atomic mass is 19.4. The van der Waals surface area contributed by atoms with E-state index in [1.807, 2.05) is 6.07 Å². The minimum absolute atomic E-state index is 0.0847. The molecule has 0 radical (unpaired) electrons. The molecule has 1 aliphatic rings. The van der Waals surface area contributed by atoms with Crippen molar-refractivity contribution in [2.45, 2.75) is 25.7 Å². The summed E-state index contributed by atoms with van der Waals surface area (Å²) in [5, 5.41) is 17.7. The molecule has 1 aliphatic heterocycles. The van der Waals surface area contributed by atoms with Gasteiger partial charge in [-0.25, -0.2) is 4.79 Å². The summed E-state index contributed by atoms with van der Waals surface area (Å²) in [6.45, 7) is 1.31. The number of hydrogen-bond acceptors (Lipinski definition) is 7. The second-order valence-electron chi connectivity index (χ2n) is 6.26. The molecular formula is C18H16F3N5O5. The number of nitrogens with zero attached hydrogens (tertiary/aromatic N) is 4. The molecule has 31 heavy (non-hydrogen) atoms. The summed E-state index contributed by atoms with van der Waals surface area (Å²) in [6.07, 6.45) is 0.439. The lowest BCUT2D eigenvalue weighted by Crippen LogP contribution is -2.36. The molecule has 0 aromatic carbocycles. The Bertz CT molecular complexity index is 1020. The molecule has 0 fully saturated rings. The van der Waals surface area contributed by atoms with Crippen LogP contribution >= 0.6 is 0 Å². The quantitative estimate of drug-likeness (QED) is 0.632. The number of nitrogens with one attached hydrogen (secondary N) is 1. The third-order valence-electron chi connectivity index (χ3n) is 4.18. The van der Waals surface area contributed by atoms with E-state index in [4.69, 9.17) is 19.2 Å². The monoisotopic (exact) mass is 439 g/mol. The van der Waals surface area contributed by atoms with Crippen LogP contribution in [0.15, 0.2) is 41.3 Å². The predicted octanol–water partition coefficient (Wildman–Crippen LogP) is 2.20. The first-order chi connectivity index (χ1) is 14.8. The molecule has 4 heterocycles. The van der Waals surface area contributed by atoms with E-state index in [1.54, 1.807) is 35.6 Å². The Balaban J connectivity index is 0.000000339. The van der Waals surface area contributed by atoms with Gasteiger partial charge in [0.2, 0.25) is 0 Å². The number of carboxylic acid groups (broad SMARTS) is 1. The van der Waals surface area contributed by atoms with Crippen molar-refractivity contribution in [1.29, 1.82) is 0 Å². The molecule has 0 saturated heterocycles. The Labute approximate surface area is 172 Å². The smallest absolute Gasteiger partial charge is 0.486 e. The van der Waals surface area contributed by atoms with Gasteiger partial charge in [-0.1, -0.05) is 5.16 Å². The normalized spacial score (nSPS) is 13.1. The van der Waals surface area contributed by atoms with E-state index in [-0.39, 0.29) is 12.5 Å². The first-order valence-corrected chi connectivity index (χ1v) is 8.83. The van der Waals surface area contributed by atoms with Crippen LogP contribution in [0.25, 0.3) is 0 Å². The van der Waals surface area contributed by atoms with Gasteiger partial charge < -0.3 is 19.3 Å². The van der Waals surface area contributed by atoms with Crippen molar-refractivity contribution in [2.75, 3.05) is 6.54 Å². The molecule has 0 saturated carbocycles. The summed E-state index contributed by atoms with van der Waals surface area (Å²) < 4.78 is 42.8. The Hall–Kier alpha value is -3.90. The van der Waals surface area contributed by atoms with Crippen LogP contribution in [-0.4, -0.2) is 54.9 Å². The number of alkyl halides is 3. The molecule has 0 atom stereocenters. The maximum absolute atomic E-state index is 12.4. The number of rotatable bonds is 4. The summed E-state index contributed by atoms with van der Waals surface area (Å²) >= 11 is 0. The number of halogens is 3. The van der Waals surface area contributed by atoms with E-state index < -0.39 is 12.1 Å². The molecule has 0 unspecified atom stereocenters. The Morgan fingerprint density at radius 1 is 1.29 bits per heavy atom. The molecule has 10 nitrogen and oxygen atoms in total. The van der Waals surface area contributed by atoms with Crippen molar-refractivity contribution >= 4 is 11.9 Å². The molecule has 0 bridgehead atoms. The van der Waals surface area contributed by atoms with Crippen LogP contribution in [-0.2, 0) is 24.4 Å². The third kappa shape index (κ3) is 5.58. The second-order valence-corrected chi connectivity index (χ2v) is 6.26. The zero-order valence-electron chi connectivity index (χ0n) is 15.8. The third-order valence-corrected chi connectivity index (χ3v) is 4.18. The average molecular weight is 439 g/mol. The largest absolute Gasteiger partial charge is 0.490 e. The van der Waals surface area contributed by atoms with Crippen molar-refractivity contribution in [2.24, 2.45) is 0 Å². The van der Waals surface area contributed by atoms with Gasteiger partial charge in [-0.15, -0.1) is 0 Å². The van der Waals surface area contributed by atoms with Crippen LogP contribution in [0.4, 0.5) is 13.2 Å². The first-order valence-electron chi connectivity index (χ1n) is 8.83. The Morgan fingerprint density at radius 2 is 2.06 bits per heavy atom. The fourth-order valence-corrected chi connectivity index (χ4v) is 2.68. The topological polar surface area (TPSA) is 134 Å². The van der Waals surface area contributed by atoms with Gasteiger partial charge in [0.1, 0.15) is 29.5 Å². The number of pyridine rings is 1. The lowest BCUT2D eigenvalue weighted by molar-refractivity contribution is -0.192. The molecule has 13 heteroatoms. The summed E-state index contributed by atoms with van der Waals surface area (Å²) in [6, 6.07) is 5.30. The zero-order valence-corrected chi connectivity index (χ0v) is 15.8. The van der Waals surface area contributed by atoms with Gasteiger partial charge in [-0.3, -0.25) is 14.9 Å².